The fraction of sp³-hybridized carbons (Fsp3) is 0.174. The monoisotopic (exact) mass is 361 g/mol. The molecule has 0 aliphatic heterocycles. The average Bonchev–Trinajstić information content (AvgIpc) is 2.71. The van der Waals surface area contributed by atoms with Gasteiger partial charge in [-0.15, -0.1) is 0 Å². The normalized spacial score (nSPS) is 10.3. The van der Waals surface area contributed by atoms with Crippen LogP contribution >= 0.6 is 0 Å². The second-order valence-electron chi connectivity index (χ2n) is 6.12. The van der Waals surface area contributed by atoms with Gasteiger partial charge in [0.05, 0.1) is 6.61 Å². The Hall–Kier alpha value is -3.27. The highest BCUT2D eigenvalue weighted by Gasteiger charge is 2.07. The Morgan fingerprint density at radius 2 is 1.44 bits per heavy atom. The summed E-state index contributed by atoms with van der Waals surface area (Å²) in [5.74, 6) is 2.11. The van der Waals surface area contributed by atoms with Crippen molar-refractivity contribution in [3.63, 3.8) is 0 Å². The lowest BCUT2D eigenvalue weighted by Crippen LogP contribution is -2.11. The van der Waals surface area contributed by atoms with Gasteiger partial charge in [-0.05, 0) is 67.1 Å². The molecule has 4 nitrogen and oxygen atoms in total. The predicted molar refractivity (Wildman–Crippen MR) is 108 cm³/mol. The number of anilines is 1. The van der Waals surface area contributed by atoms with E-state index in [2.05, 4.69) is 12.2 Å². The number of hydrogen-bond donors (Lipinski definition) is 1. The summed E-state index contributed by atoms with van der Waals surface area (Å²) in [5.41, 5.74) is 1.30. The molecule has 3 aromatic rings. The van der Waals surface area contributed by atoms with Crippen LogP contribution in [0.5, 0.6) is 17.2 Å². The van der Waals surface area contributed by atoms with Gasteiger partial charge in [-0.1, -0.05) is 31.5 Å². The summed E-state index contributed by atoms with van der Waals surface area (Å²) in [6.07, 6.45) is 2.11. The second kappa shape index (κ2) is 9.43. The highest BCUT2D eigenvalue weighted by atomic mass is 16.5. The number of hydrogen-bond acceptors (Lipinski definition) is 3. The molecule has 138 valence electrons. The first kappa shape index (κ1) is 18.5. The topological polar surface area (TPSA) is 47.6 Å². The summed E-state index contributed by atoms with van der Waals surface area (Å²) in [6, 6.07) is 24.0. The fourth-order valence-corrected chi connectivity index (χ4v) is 2.47. The molecule has 0 saturated heterocycles. The molecule has 0 aromatic heterocycles. The number of carbonyl (C=O) groups excluding carboxylic acids is 1. The Balaban J connectivity index is 1.55. The maximum Gasteiger partial charge on any atom is 0.255 e. The van der Waals surface area contributed by atoms with Crippen LogP contribution in [0.15, 0.2) is 78.9 Å². The van der Waals surface area contributed by atoms with Gasteiger partial charge in [0.25, 0.3) is 5.91 Å². The largest absolute Gasteiger partial charge is 0.494 e. The maximum absolute atomic E-state index is 12.4. The molecule has 0 fully saturated rings. The molecule has 0 saturated carbocycles. The van der Waals surface area contributed by atoms with Gasteiger partial charge in [-0.2, -0.15) is 0 Å². The summed E-state index contributed by atoms with van der Waals surface area (Å²) in [6.45, 7) is 2.82. The van der Waals surface area contributed by atoms with Crippen molar-refractivity contribution in [3.05, 3.63) is 84.4 Å². The van der Waals surface area contributed by atoms with E-state index in [4.69, 9.17) is 9.47 Å². The summed E-state index contributed by atoms with van der Waals surface area (Å²) >= 11 is 0. The first-order valence-corrected chi connectivity index (χ1v) is 9.12. The molecule has 3 aromatic carbocycles. The van der Waals surface area contributed by atoms with E-state index in [-0.39, 0.29) is 5.91 Å². The molecule has 27 heavy (non-hydrogen) atoms. The lowest BCUT2D eigenvalue weighted by molar-refractivity contribution is 0.102. The van der Waals surface area contributed by atoms with Crippen LogP contribution in [0.25, 0.3) is 0 Å². The third-order valence-electron chi connectivity index (χ3n) is 3.97. The van der Waals surface area contributed by atoms with Crippen molar-refractivity contribution in [2.75, 3.05) is 11.9 Å². The van der Waals surface area contributed by atoms with Gasteiger partial charge < -0.3 is 14.8 Å². The maximum atomic E-state index is 12.4. The smallest absolute Gasteiger partial charge is 0.255 e. The third-order valence-corrected chi connectivity index (χ3v) is 3.97. The van der Waals surface area contributed by atoms with Crippen LogP contribution in [-0.4, -0.2) is 12.5 Å². The van der Waals surface area contributed by atoms with Crippen LogP contribution in [-0.2, 0) is 0 Å². The third kappa shape index (κ3) is 5.61. The Bertz CT molecular complexity index is 843. The number of rotatable bonds is 8. The lowest BCUT2D eigenvalue weighted by Gasteiger charge is -2.09. The highest BCUT2D eigenvalue weighted by molar-refractivity contribution is 6.04. The summed E-state index contributed by atoms with van der Waals surface area (Å²) in [7, 11) is 0. The molecule has 0 unspecified atom stereocenters. The molecule has 0 bridgehead atoms. The van der Waals surface area contributed by atoms with Gasteiger partial charge in [0.1, 0.15) is 17.2 Å². The van der Waals surface area contributed by atoms with Crippen molar-refractivity contribution in [2.24, 2.45) is 0 Å². The molecule has 0 radical (unpaired) electrons. The van der Waals surface area contributed by atoms with Crippen LogP contribution in [0.2, 0.25) is 0 Å². The van der Waals surface area contributed by atoms with E-state index < -0.39 is 0 Å². The van der Waals surface area contributed by atoms with E-state index in [1.807, 2.05) is 66.7 Å². The van der Waals surface area contributed by atoms with Crippen molar-refractivity contribution < 1.29 is 14.3 Å². The number of para-hydroxylation sites is 1. The van der Waals surface area contributed by atoms with E-state index in [0.717, 1.165) is 24.3 Å². The van der Waals surface area contributed by atoms with Gasteiger partial charge in [0.15, 0.2) is 0 Å². The zero-order chi connectivity index (χ0) is 18.9. The van der Waals surface area contributed by atoms with E-state index in [9.17, 15) is 4.79 Å². The first-order chi connectivity index (χ1) is 13.2. The van der Waals surface area contributed by atoms with E-state index in [0.29, 0.717) is 23.6 Å². The van der Waals surface area contributed by atoms with Crippen LogP contribution in [0.1, 0.15) is 30.1 Å². The Morgan fingerprint density at radius 3 is 2.11 bits per heavy atom. The van der Waals surface area contributed by atoms with Crippen LogP contribution < -0.4 is 14.8 Å². The van der Waals surface area contributed by atoms with E-state index >= 15 is 0 Å². The van der Waals surface area contributed by atoms with Crippen molar-refractivity contribution in [3.8, 4) is 17.2 Å². The minimum Gasteiger partial charge on any atom is -0.494 e. The van der Waals surface area contributed by atoms with E-state index in [1.54, 1.807) is 12.1 Å². The summed E-state index contributed by atoms with van der Waals surface area (Å²) in [5, 5.41) is 2.89. The average molecular weight is 361 g/mol. The minimum absolute atomic E-state index is 0.160. The zero-order valence-corrected chi connectivity index (χ0v) is 15.4. The SMILES string of the molecule is CCCCOc1ccc(C(=O)Nc2ccc(Oc3ccccc3)cc2)cc1. The molecular weight excluding hydrogens is 338 g/mol. The van der Waals surface area contributed by atoms with Crippen LogP contribution in [0.3, 0.4) is 0 Å². The Morgan fingerprint density at radius 1 is 0.815 bits per heavy atom. The molecule has 1 N–H and O–H groups in total. The predicted octanol–water partition coefficient (Wildman–Crippen LogP) is 5.91. The summed E-state index contributed by atoms with van der Waals surface area (Å²) in [4.78, 5) is 12.4. The molecule has 0 aliphatic rings. The van der Waals surface area contributed by atoms with Gasteiger partial charge >= 0.3 is 0 Å². The van der Waals surface area contributed by atoms with E-state index in [1.165, 1.54) is 0 Å². The molecule has 1 amide bonds. The molecule has 0 aliphatic carbocycles. The molecule has 0 heterocycles. The molecular formula is C23H23NO3. The van der Waals surface area contributed by atoms with Gasteiger partial charge in [-0.25, -0.2) is 0 Å². The van der Waals surface area contributed by atoms with Crippen molar-refractivity contribution in [2.45, 2.75) is 19.8 Å². The molecule has 0 atom stereocenters. The second-order valence-corrected chi connectivity index (χ2v) is 6.12. The van der Waals surface area contributed by atoms with Crippen LogP contribution in [0, 0.1) is 0 Å². The fourth-order valence-electron chi connectivity index (χ4n) is 2.47. The number of nitrogens with one attached hydrogen (secondary N) is 1. The van der Waals surface area contributed by atoms with Crippen molar-refractivity contribution in [1.82, 2.24) is 0 Å². The standard InChI is InChI=1S/C23H23NO3/c1-2-3-17-26-20-13-9-18(10-14-20)23(25)24-19-11-15-22(16-12-19)27-21-7-5-4-6-8-21/h4-16H,2-3,17H2,1H3,(H,24,25). The molecule has 4 heteroatoms. The number of amides is 1. The number of ether oxygens (including phenoxy) is 2. The summed E-state index contributed by atoms with van der Waals surface area (Å²) < 4.78 is 11.4. The molecule has 3 rings (SSSR count). The number of carbonyl (C=O) groups is 1. The minimum atomic E-state index is -0.160. The van der Waals surface area contributed by atoms with Gasteiger partial charge in [0, 0.05) is 11.3 Å². The molecule has 0 spiro atoms. The lowest BCUT2D eigenvalue weighted by atomic mass is 10.2. The zero-order valence-electron chi connectivity index (χ0n) is 15.4. The Labute approximate surface area is 159 Å². The van der Waals surface area contributed by atoms with Crippen LogP contribution in [0.4, 0.5) is 5.69 Å². The highest BCUT2D eigenvalue weighted by Crippen LogP contribution is 2.23. The Kier molecular flexibility index (Phi) is 6.47. The van der Waals surface area contributed by atoms with Gasteiger partial charge in [0.2, 0.25) is 0 Å². The van der Waals surface area contributed by atoms with Crippen molar-refractivity contribution in [1.29, 1.82) is 0 Å². The number of unbranched alkanes of at least 4 members (excludes halogenated alkanes) is 1. The quantitative estimate of drug-likeness (QED) is 0.507. The van der Waals surface area contributed by atoms with Gasteiger partial charge in [-0.3, -0.25) is 4.79 Å². The number of benzene rings is 3. The first-order valence-electron chi connectivity index (χ1n) is 9.12. The van der Waals surface area contributed by atoms with Crippen molar-refractivity contribution >= 4 is 11.6 Å².